The van der Waals surface area contributed by atoms with Crippen LogP contribution in [-0.2, 0) is 0 Å². The highest BCUT2D eigenvalue weighted by molar-refractivity contribution is 5.65. The van der Waals surface area contributed by atoms with Crippen molar-refractivity contribution in [2.75, 3.05) is 18.8 Å². The third-order valence-corrected chi connectivity index (χ3v) is 2.66. The Kier molecular flexibility index (Phi) is 2.49. The van der Waals surface area contributed by atoms with Gasteiger partial charge in [0.25, 0.3) is 0 Å². The predicted molar refractivity (Wildman–Crippen MR) is 54.5 cm³/mol. The molecule has 1 aliphatic heterocycles. The number of carbonyl (C=O) groups is 1. The van der Waals surface area contributed by atoms with Crippen LogP contribution in [0.3, 0.4) is 0 Å². The van der Waals surface area contributed by atoms with Crippen molar-refractivity contribution in [1.82, 2.24) is 14.7 Å². The monoisotopic (exact) mass is 210 g/mol. The summed E-state index contributed by atoms with van der Waals surface area (Å²) < 4.78 is 1.75. The molecule has 2 heterocycles. The minimum absolute atomic E-state index is 0.118. The van der Waals surface area contributed by atoms with Crippen LogP contribution in [0.4, 0.5) is 10.5 Å². The Labute approximate surface area is 87.3 Å². The largest absolute Gasteiger partial charge is 0.465 e. The summed E-state index contributed by atoms with van der Waals surface area (Å²) in [5, 5.41) is 13.0. The van der Waals surface area contributed by atoms with Crippen LogP contribution >= 0.6 is 0 Å². The molecule has 0 saturated carbocycles. The van der Waals surface area contributed by atoms with Crippen LogP contribution in [0.1, 0.15) is 18.9 Å². The molecule has 1 amide bonds. The van der Waals surface area contributed by atoms with Gasteiger partial charge in [-0.15, -0.1) is 0 Å². The molecule has 82 valence electrons. The van der Waals surface area contributed by atoms with E-state index in [-0.39, 0.29) is 6.04 Å². The molecule has 1 atom stereocenters. The molecule has 1 fully saturated rings. The number of amides is 1. The van der Waals surface area contributed by atoms with Gasteiger partial charge in [-0.3, -0.25) is 4.68 Å². The molecule has 15 heavy (non-hydrogen) atoms. The van der Waals surface area contributed by atoms with E-state index in [9.17, 15) is 4.79 Å². The van der Waals surface area contributed by atoms with Crippen molar-refractivity contribution < 1.29 is 9.90 Å². The number of nitrogens with zero attached hydrogens (tertiary/aromatic N) is 3. The maximum absolute atomic E-state index is 10.8. The van der Waals surface area contributed by atoms with Gasteiger partial charge in [-0.05, 0) is 12.8 Å². The molecular weight excluding hydrogens is 196 g/mol. The molecule has 6 heteroatoms. The topological polar surface area (TPSA) is 84.4 Å². The van der Waals surface area contributed by atoms with E-state index < -0.39 is 6.09 Å². The maximum Gasteiger partial charge on any atom is 0.407 e. The SMILES string of the molecule is Nc1cnn([C@@H]2CCCN(C(=O)O)C2)c1. The third kappa shape index (κ3) is 2.03. The van der Waals surface area contributed by atoms with E-state index in [4.69, 9.17) is 10.8 Å². The molecule has 0 spiro atoms. The van der Waals surface area contributed by atoms with Crippen molar-refractivity contribution in [2.45, 2.75) is 18.9 Å². The number of anilines is 1. The van der Waals surface area contributed by atoms with Crippen LogP contribution < -0.4 is 5.73 Å². The molecule has 6 nitrogen and oxygen atoms in total. The van der Waals surface area contributed by atoms with Gasteiger partial charge in [0.2, 0.25) is 0 Å². The lowest BCUT2D eigenvalue weighted by atomic mass is 10.1. The van der Waals surface area contributed by atoms with Crippen molar-refractivity contribution in [3.8, 4) is 0 Å². The number of rotatable bonds is 1. The summed E-state index contributed by atoms with van der Waals surface area (Å²) in [6.45, 7) is 1.11. The first kappa shape index (κ1) is 9.82. The Morgan fingerprint density at radius 3 is 3.07 bits per heavy atom. The molecule has 0 radical (unpaired) electrons. The van der Waals surface area contributed by atoms with Crippen molar-refractivity contribution in [1.29, 1.82) is 0 Å². The number of aromatic nitrogens is 2. The second kappa shape index (κ2) is 3.80. The lowest BCUT2D eigenvalue weighted by molar-refractivity contribution is 0.119. The molecular formula is C9H14N4O2. The maximum atomic E-state index is 10.8. The number of nitrogens with two attached hydrogens (primary N) is 1. The number of nitrogen functional groups attached to an aromatic ring is 1. The first-order valence-corrected chi connectivity index (χ1v) is 4.94. The number of carboxylic acid groups (broad SMARTS) is 1. The van der Waals surface area contributed by atoms with Gasteiger partial charge in [0, 0.05) is 19.3 Å². The van der Waals surface area contributed by atoms with Gasteiger partial charge >= 0.3 is 6.09 Å². The smallest absolute Gasteiger partial charge is 0.407 e. The van der Waals surface area contributed by atoms with Crippen molar-refractivity contribution in [2.24, 2.45) is 0 Å². The second-order valence-electron chi connectivity index (χ2n) is 3.78. The molecule has 0 aromatic carbocycles. The quantitative estimate of drug-likeness (QED) is 0.717. The highest BCUT2D eigenvalue weighted by atomic mass is 16.4. The van der Waals surface area contributed by atoms with Crippen LogP contribution in [0, 0.1) is 0 Å². The Bertz CT molecular complexity index is 363. The van der Waals surface area contributed by atoms with Crippen molar-refractivity contribution in [3.63, 3.8) is 0 Å². The standard InChI is InChI=1S/C9H14N4O2/c10-7-4-11-13(5-7)8-2-1-3-12(6-8)9(14)15/h4-5,8H,1-3,6,10H2,(H,14,15)/t8-/m1/s1. The van der Waals surface area contributed by atoms with E-state index in [2.05, 4.69) is 5.10 Å². The molecule has 0 bridgehead atoms. The van der Waals surface area contributed by atoms with Crippen molar-refractivity contribution >= 4 is 11.8 Å². The summed E-state index contributed by atoms with van der Waals surface area (Å²) >= 11 is 0. The zero-order valence-electron chi connectivity index (χ0n) is 8.33. The molecule has 1 aliphatic rings. The summed E-state index contributed by atoms with van der Waals surface area (Å²) in [4.78, 5) is 12.2. The van der Waals surface area contributed by atoms with E-state index in [0.717, 1.165) is 12.8 Å². The molecule has 0 unspecified atom stereocenters. The third-order valence-electron chi connectivity index (χ3n) is 2.66. The Hall–Kier alpha value is -1.72. The molecule has 2 rings (SSSR count). The average molecular weight is 210 g/mol. The van der Waals surface area contributed by atoms with Gasteiger partial charge < -0.3 is 15.7 Å². The molecule has 0 aliphatic carbocycles. The average Bonchev–Trinajstić information content (AvgIpc) is 2.65. The number of hydrogen-bond acceptors (Lipinski definition) is 3. The van der Waals surface area contributed by atoms with E-state index in [1.54, 1.807) is 17.1 Å². The molecule has 3 N–H and O–H groups in total. The second-order valence-corrected chi connectivity index (χ2v) is 3.78. The zero-order chi connectivity index (χ0) is 10.8. The molecule has 1 saturated heterocycles. The van der Waals surface area contributed by atoms with Crippen LogP contribution in [0.25, 0.3) is 0 Å². The highest BCUT2D eigenvalue weighted by Crippen LogP contribution is 2.21. The summed E-state index contributed by atoms with van der Waals surface area (Å²) in [6, 6.07) is 0.118. The number of piperidine rings is 1. The normalized spacial score (nSPS) is 21.6. The molecule has 1 aromatic heterocycles. The number of hydrogen-bond donors (Lipinski definition) is 2. The summed E-state index contributed by atoms with van der Waals surface area (Å²) in [5.41, 5.74) is 6.18. The van der Waals surface area contributed by atoms with E-state index >= 15 is 0 Å². The Morgan fingerprint density at radius 2 is 2.47 bits per heavy atom. The minimum atomic E-state index is -0.861. The van der Waals surface area contributed by atoms with Gasteiger partial charge in [-0.1, -0.05) is 0 Å². The fourth-order valence-electron chi connectivity index (χ4n) is 1.90. The lowest BCUT2D eigenvalue weighted by Crippen LogP contribution is -2.39. The van der Waals surface area contributed by atoms with Gasteiger partial charge in [0.05, 0.1) is 17.9 Å². The first-order chi connectivity index (χ1) is 7.16. The number of likely N-dealkylation sites (tertiary alicyclic amines) is 1. The Morgan fingerprint density at radius 1 is 1.67 bits per heavy atom. The highest BCUT2D eigenvalue weighted by Gasteiger charge is 2.24. The van der Waals surface area contributed by atoms with Gasteiger partial charge in [-0.25, -0.2) is 4.79 Å². The van der Waals surface area contributed by atoms with Crippen LogP contribution in [0.15, 0.2) is 12.4 Å². The summed E-state index contributed by atoms with van der Waals surface area (Å²) in [7, 11) is 0. The van der Waals surface area contributed by atoms with Gasteiger partial charge in [0.15, 0.2) is 0 Å². The van der Waals surface area contributed by atoms with E-state index in [1.807, 2.05) is 0 Å². The van der Waals surface area contributed by atoms with Crippen LogP contribution in [-0.4, -0.2) is 39.0 Å². The first-order valence-electron chi connectivity index (χ1n) is 4.94. The fourth-order valence-corrected chi connectivity index (χ4v) is 1.90. The van der Waals surface area contributed by atoms with E-state index in [1.165, 1.54) is 4.90 Å². The zero-order valence-corrected chi connectivity index (χ0v) is 8.33. The van der Waals surface area contributed by atoms with Crippen molar-refractivity contribution in [3.05, 3.63) is 12.4 Å². The summed E-state index contributed by atoms with van der Waals surface area (Å²) in [5.74, 6) is 0. The van der Waals surface area contributed by atoms with E-state index in [0.29, 0.717) is 18.8 Å². The lowest BCUT2D eigenvalue weighted by Gasteiger charge is -2.30. The minimum Gasteiger partial charge on any atom is -0.465 e. The Balaban J connectivity index is 2.07. The fraction of sp³-hybridized carbons (Fsp3) is 0.556. The van der Waals surface area contributed by atoms with Crippen LogP contribution in [0.2, 0.25) is 0 Å². The predicted octanol–water partition coefficient (Wildman–Crippen LogP) is 0.780. The molecule has 1 aromatic rings. The van der Waals surface area contributed by atoms with Gasteiger partial charge in [-0.2, -0.15) is 5.10 Å². The van der Waals surface area contributed by atoms with Gasteiger partial charge in [0.1, 0.15) is 0 Å². The van der Waals surface area contributed by atoms with Crippen LogP contribution in [0.5, 0.6) is 0 Å². The summed E-state index contributed by atoms with van der Waals surface area (Å²) in [6.07, 6.45) is 4.29.